The first-order valence-electron chi connectivity index (χ1n) is 5.99. The molecule has 1 aromatic heterocycles. The molecular formula is C13H15N3O3. The van der Waals surface area contributed by atoms with Gasteiger partial charge in [0, 0.05) is 18.4 Å². The second-order valence-corrected chi connectivity index (χ2v) is 3.95. The number of hydrogen-bond donors (Lipinski definition) is 1. The molecule has 1 aromatic carbocycles. The lowest BCUT2D eigenvalue weighted by Gasteiger charge is -1.99. The van der Waals surface area contributed by atoms with Crippen molar-refractivity contribution in [2.24, 2.45) is 0 Å². The molecule has 0 aliphatic rings. The van der Waals surface area contributed by atoms with E-state index in [-0.39, 0.29) is 5.91 Å². The number of aryl methyl sites for hydroxylation is 1. The van der Waals surface area contributed by atoms with Gasteiger partial charge >= 0.3 is 0 Å². The maximum absolute atomic E-state index is 11.2. The summed E-state index contributed by atoms with van der Waals surface area (Å²) in [5.41, 5.74) is 3.14. The van der Waals surface area contributed by atoms with E-state index >= 15 is 0 Å². The Labute approximate surface area is 110 Å². The van der Waals surface area contributed by atoms with E-state index in [0.29, 0.717) is 31.0 Å². The Morgan fingerprint density at radius 3 is 2.84 bits per heavy atom. The Morgan fingerprint density at radius 2 is 2.11 bits per heavy atom. The van der Waals surface area contributed by atoms with Crippen LogP contribution in [0.3, 0.4) is 0 Å². The predicted molar refractivity (Wildman–Crippen MR) is 67.8 cm³/mol. The lowest BCUT2D eigenvalue weighted by Crippen LogP contribution is -2.21. The molecule has 100 valence electrons. The van der Waals surface area contributed by atoms with Crippen molar-refractivity contribution in [1.29, 1.82) is 0 Å². The molecule has 6 heteroatoms. The van der Waals surface area contributed by atoms with Crippen LogP contribution in [-0.4, -0.2) is 23.2 Å². The number of amides is 1. The van der Waals surface area contributed by atoms with Crippen LogP contribution in [0.25, 0.3) is 11.5 Å². The number of hydroxylamine groups is 1. The zero-order chi connectivity index (χ0) is 13.5. The van der Waals surface area contributed by atoms with Gasteiger partial charge in [-0.2, -0.15) is 0 Å². The molecule has 0 saturated heterocycles. The number of carbonyl (C=O) groups excluding carboxylic acids is 1. The molecular weight excluding hydrogens is 246 g/mol. The van der Waals surface area contributed by atoms with Crippen LogP contribution < -0.4 is 5.48 Å². The Hall–Kier alpha value is -2.21. The highest BCUT2D eigenvalue weighted by Crippen LogP contribution is 2.17. The van der Waals surface area contributed by atoms with E-state index in [2.05, 4.69) is 20.5 Å². The fraction of sp³-hybridized carbons (Fsp3) is 0.308. The summed E-state index contributed by atoms with van der Waals surface area (Å²) in [5.74, 6) is 0.867. The molecule has 1 heterocycles. The van der Waals surface area contributed by atoms with Gasteiger partial charge in [0.25, 0.3) is 0 Å². The van der Waals surface area contributed by atoms with Crippen molar-refractivity contribution in [3.8, 4) is 11.5 Å². The second-order valence-electron chi connectivity index (χ2n) is 3.95. The number of nitrogens with zero attached hydrogens (tertiary/aromatic N) is 2. The van der Waals surface area contributed by atoms with Crippen LogP contribution in [0, 0.1) is 0 Å². The predicted octanol–water partition coefficient (Wildman–Crippen LogP) is 1.74. The van der Waals surface area contributed by atoms with E-state index in [1.807, 2.05) is 30.3 Å². The minimum absolute atomic E-state index is 0.162. The molecule has 2 aromatic rings. The molecule has 0 radical (unpaired) electrons. The number of carbonyl (C=O) groups is 1. The monoisotopic (exact) mass is 261 g/mol. The lowest BCUT2D eigenvalue weighted by molar-refractivity contribution is -0.131. The third kappa shape index (κ3) is 3.89. The summed E-state index contributed by atoms with van der Waals surface area (Å²) in [6.07, 6.45) is 1.56. The lowest BCUT2D eigenvalue weighted by atomic mass is 10.2. The highest BCUT2D eigenvalue weighted by atomic mass is 16.6. The van der Waals surface area contributed by atoms with E-state index < -0.39 is 0 Å². The molecule has 0 aliphatic carbocycles. The van der Waals surface area contributed by atoms with E-state index in [0.717, 1.165) is 5.56 Å². The minimum Gasteiger partial charge on any atom is -0.421 e. The van der Waals surface area contributed by atoms with E-state index in [9.17, 15) is 4.79 Å². The van der Waals surface area contributed by atoms with Gasteiger partial charge < -0.3 is 4.42 Å². The molecule has 0 saturated carbocycles. The molecule has 0 bridgehead atoms. The number of aromatic nitrogens is 2. The number of hydrogen-bond acceptors (Lipinski definition) is 5. The topological polar surface area (TPSA) is 77.2 Å². The van der Waals surface area contributed by atoms with Crippen LogP contribution in [0.1, 0.15) is 18.7 Å². The quantitative estimate of drug-likeness (QED) is 0.801. The summed E-state index contributed by atoms with van der Waals surface area (Å²) in [6, 6.07) is 9.56. The van der Waals surface area contributed by atoms with Crippen molar-refractivity contribution in [3.05, 3.63) is 36.2 Å². The van der Waals surface area contributed by atoms with Crippen molar-refractivity contribution in [2.75, 3.05) is 7.11 Å². The molecule has 0 atom stereocenters. The number of rotatable bonds is 6. The van der Waals surface area contributed by atoms with Crippen molar-refractivity contribution in [3.63, 3.8) is 0 Å². The van der Waals surface area contributed by atoms with Crippen molar-refractivity contribution >= 4 is 5.91 Å². The van der Waals surface area contributed by atoms with Crippen molar-refractivity contribution in [2.45, 2.75) is 19.3 Å². The summed E-state index contributed by atoms with van der Waals surface area (Å²) in [6.45, 7) is 0. The molecule has 0 unspecified atom stereocenters. The normalized spacial score (nSPS) is 10.4. The van der Waals surface area contributed by atoms with E-state index in [1.54, 1.807) is 0 Å². The van der Waals surface area contributed by atoms with Crippen LogP contribution >= 0.6 is 0 Å². The Balaban J connectivity index is 1.86. The fourth-order valence-corrected chi connectivity index (χ4v) is 1.62. The maximum atomic E-state index is 11.2. The molecule has 2 rings (SSSR count). The van der Waals surface area contributed by atoms with Crippen molar-refractivity contribution < 1.29 is 14.0 Å². The van der Waals surface area contributed by atoms with Crippen LogP contribution in [0.2, 0.25) is 0 Å². The second kappa shape index (κ2) is 6.65. The zero-order valence-corrected chi connectivity index (χ0v) is 10.6. The fourth-order valence-electron chi connectivity index (χ4n) is 1.62. The molecule has 0 aliphatic heterocycles. The average Bonchev–Trinajstić information content (AvgIpc) is 2.89. The van der Waals surface area contributed by atoms with Crippen LogP contribution in [0.15, 0.2) is 34.7 Å². The van der Waals surface area contributed by atoms with Gasteiger partial charge in [-0.3, -0.25) is 9.63 Å². The van der Waals surface area contributed by atoms with Gasteiger partial charge in [-0.05, 0) is 18.6 Å². The molecule has 19 heavy (non-hydrogen) atoms. The van der Waals surface area contributed by atoms with Crippen LogP contribution in [0.5, 0.6) is 0 Å². The van der Waals surface area contributed by atoms with Gasteiger partial charge in [0.15, 0.2) is 0 Å². The van der Waals surface area contributed by atoms with Gasteiger partial charge in [0.1, 0.15) is 0 Å². The summed E-state index contributed by atoms with van der Waals surface area (Å²) < 4.78 is 5.53. The molecule has 6 nitrogen and oxygen atoms in total. The van der Waals surface area contributed by atoms with Crippen LogP contribution in [-0.2, 0) is 16.1 Å². The standard InChI is InChI=1S/C13H15N3O3/c1-18-16-11(17)8-5-9-12-14-15-13(19-12)10-6-3-2-4-7-10/h2-4,6-7H,5,8-9H2,1H3,(H,16,17). The SMILES string of the molecule is CONC(=O)CCCc1nnc(-c2ccccc2)o1. The van der Waals surface area contributed by atoms with Crippen molar-refractivity contribution in [1.82, 2.24) is 15.7 Å². The average molecular weight is 261 g/mol. The highest BCUT2D eigenvalue weighted by molar-refractivity contribution is 5.74. The number of nitrogens with one attached hydrogen (secondary N) is 1. The largest absolute Gasteiger partial charge is 0.421 e. The van der Waals surface area contributed by atoms with Gasteiger partial charge in [-0.15, -0.1) is 10.2 Å². The van der Waals surface area contributed by atoms with E-state index in [4.69, 9.17) is 4.42 Å². The van der Waals surface area contributed by atoms with Gasteiger partial charge in [-0.1, -0.05) is 18.2 Å². The van der Waals surface area contributed by atoms with E-state index in [1.165, 1.54) is 7.11 Å². The van der Waals surface area contributed by atoms with Gasteiger partial charge in [0.2, 0.25) is 17.7 Å². The van der Waals surface area contributed by atoms with Crippen LogP contribution in [0.4, 0.5) is 0 Å². The summed E-state index contributed by atoms with van der Waals surface area (Å²) in [7, 11) is 1.40. The van der Waals surface area contributed by atoms with Gasteiger partial charge in [0.05, 0.1) is 7.11 Å². The summed E-state index contributed by atoms with van der Waals surface area (Å²) >= 11 is 0. The molecule has 0 fully saturated rings. The summed E-state index contributed by atoms with van der Waals surface area (Å²) in [5, 5.41) is 7.93. The first kappa shape index (κ1) is 13.2. The Morgan fingerprint density at radius 1 is 1.32 bits per heavy atom. The zero-order valence-electron chi connectivity index (χ0n) is 10.6. The third-order valence-corrected chi connectivity index (χ3v) is 2.50. The smallest absolute Gasteiger partial charge is 0.247 e. The van der Waals surface area contributed by atoms with Gasteiger partial charge in [-0.25, -0.2) is 5.48 Å². The maximum Gasteiger partial charge on any atom is 0.247 e. The first-order valence-corrected chi connectivity index (χ1v) is 5.99. The number of benzene rings is 1. The summed E-state index contributed by atoms with van der Waals surface area (Å²) in [4.78, 5) is 15.7. The highest BCUT2D eigenvalue weighted by Gasteiger charge is 2.08. The Bertz CT molecular complexity index is 525. The Kier molecular flexibility index (Phi) is 4.63. The molecule has 1 amide bonds. The molecule has 1 N–H and O–H groups in total. The first-order chi connectivity index (χ1) is 9.29. The molecule has 0 spiro atoms. The minimum atomic E-state index is -0.162. The third-order valence-electron chi connectivity index (χ3n) is 2.50.